The van der Waals surface area contributed by atoms with E-state index in [1.165, 1.54) is 11.1 Å². The van der Waals surface area contributed by atoms with Crippen molar-refractivity contribution in [3.63, 3.8) is 0 Å². The number of hydrogen-bond acceptors (Lipinski definition) is 1. The SMILES string of the molecule is CCCC1CC1(O)c1cccc(C)c1C. The molecule has 1 N–H and O–H groups in total. The summed E-state index contributed by atoms with van der Waals surface area (Å²) in [5.74, 6) is 0.489. The highest BCUT2D eigenvalue weighted by molar-refractivity contribution is 5.40. The largest absolute Gasteiger partial charge is 0.385 e. The van der Waals surface area contributed by atoms with Gasteiger partial charge in [0.25, 0.3) is 0 Å². The van der Waals surface area contributed by atoms with E-state index in [9.17, 15) is 5.11 Å². The van der Waals surface area contributed by atoms with E-state index >= 15 is 0 Å². The molecule has 2 unspecified atom stereocenters. The minimum atomic E-state index is -0.508. The molecule has 0 heterocycles. The predicted octanol–water partition coefficient (Wildman–Crippen LogP) is 3.31. The highest BCUT2D eigenvalue weighted by Crippen LogP contribution is 2.55. The Morgan fingerprint density at radius 2 is 2.13 bits per heavy atom. The van der Waals surface area contributed by atoms with Gasteiger partial charge in [0.15, 0.2) is 0 Å². The molecule has 1 heteroatoms. The molecule has 82 valence electrons. The molecule has 0 radical (unpaired) electrons. The molecule has 0 aromatic heterocycles. The lowest BCUT2D eigenvalue weighted by Gasteiger charge is -2.15. The van der Waals surface area contributed by atoms with Crippen molar-refractivity contribution in [1.29, 1.82) is 0 Å². The first-order chi connectivity index (χ1) is 7.09. The van der Waals surface area contributed by atoms with E-state index < -0.39 is 5.60 Å². The summed E-state index contributed by atoms with van der Waals surface area (Å²) < 4.78 is 0. The van der Waals surface area contributed by atoms with Crippen LogP contribution < -0.4 is 0 Å². The molecule has 2 atom stereocenters. The van der Waals surface area contributed by atoms with E-state index in [1.807, 2.05) is 0 Å². The number of rotatable bonds is 3. The van der Waals surface area contributed by atoms with E-state index in [4.69, 9.17) is 0 Å². The van der Waals surface area contributed by atoms with Crippen LogP contribution in [-0.2, 0) is 5.60 Å². The zero-order valence-electron chi connectivity index (χ0n) is 9.88. The smallest absolute Gasteiger partial charge is 0.0932 e. The average molecular weight is 204 g/mol. The van der Waals surface area contributed by atoms with Crippen LogP contribution in [0.5, 0.6) is 0 Å². The van der Waals surface area contributed by atoms with E-state index in [0.29, 0.717) is 5.92 Å². The quantitative estimate of drug-likeness (QED) is 0.801. The van der Waals surface area contributed by atoms with E-state index in [2.05, 4.69) is 39.0 Å². The Hall–Kier alpha value is -0.820. The van der Waals surface area contributed by atoms with Gasteiger partial charge in [0, 0.05) is 0 Å². The molecular weight excluding hydrogens is 184 g/mol. The summed E-state index contributed by atoms with van der Waals surface area (Å²) >= 11 is 0. The first-order valence-electron chi connectivity index (χ1n) is 5.88. The Morgan fingerprint density at radius 3 is 2.80 bits per heavy atom. The molecule has 0 saturated heterocycles. The highest BCUT2D eigenvalue weighted by Gasteiger charge is 2.53. The van der Waals surface area contributed by atoms with Crippen LogP contribution in [0.1, 0.15) is 42.9 Å². The number of hydrogen-bond donors (Lipinski definition) is 1. The third kappa shape index (κ3) is 1.69. The van der Waals surface area contributed by atoms with Gasteiger partial charge < -0.3 is 5.11 Å². The molecule has 1 aliphatic carbocycles. The number of aliphatic hydroxyl groups is 1. The van der Waals surface area contributed by atoms with Crippen molar-refractivity contribution in [2.45, 2.75) is 45.6 Å². The first-order valence-corrected chi connectivity index (χ1v) is 5.88. The van der Waals surface area contributed by atoms with Crippen LogP contribution in [0.25, 0.3) is 0 Å². The van der Waals surface area contributed by atoms with Gasteiger partial charge in [-0.25, -0.2) is 0 Å². The minimum absolute atomic E-state index is 0.489. The molecular formula is C14H20O. The van der Waals surface area contributed by atoms with Crippen molar-refractivity contribution in [3.8, 4) is 0 Å². The highest BCUT2D eigenvalue weighted by atomic mass is 16.3. The van der Waals surface area contributed by atoms with E-state index in [-0.39, 0.29) is 0 Å². The van der Waals surface area contributed by atoms with Crippen LogP contribution in [0.2, 0.25) is 0 Å². The normalized spacial score (nSPS) is 29.2. The molecule has 1 aromatic carbocycles. The fraction of sp³-hybridized carbons (Fsp3) is 0.571. The van der Waals surface area contributed by atoms with Gasteiger partial charge in [-0.2, -0.15) is 0 Å². The summed E-state index contributed by atoms with van der Waals surface area (Å²) in [6.45, 7) is 6.41. The summed E-state index contributed by atoms with van der Waals surface area (Å²) in [6, 6.07) is 6.24. The van der Waals surface area contributed by atoms with Crippen molar-refractivity contribution in [2.24, 2.45) is 5.92 Å². The molecule has 1 saturated carbocycles. The second-order valence-electron chi connectivity index (χ2n) is 4.86. The zero-order valence-corrected chi connectivity index (χ0v) is 9.88. The van der Waals surface area contributed by atoms with Crippen molar-refractivity contribution >= 4 is 0 Å². The van der Waals surface area contributed by atoms with Gasteiger partial charge in [-0.1, -0.05) is 31.5 Å². The second kappa shape index (κ2) is 3.64. The lowest BCUT2D eigenvalue weighted by molar-refractivity contribution is 0.128. The average Bonchev–Trinajstić information content (AvgIpc) is 2.83. The van der Waals surface area contributed by atoms with E-state index in [0.717, 1.165) is 24.8 Å². The summed E-state index contributed by atoms with van der Waals surface area (Å²) in [7, 11) is 0. The van der Waals surface area contributed by atoms with Gasteiger partial charge in [0.1, 0.15) is 0 Å². The Kier molecular flexibility index (Phi) is 2.59. The van der Waals surface area contributed by atoms with Crippen molar-refractivity contribution in [1.82, 2.24) is 0 Å². The standard InChI is InChI=1S/C14H20O/c1-4-6-12-9-14(12,15)13-8-5-7-10(2)11(13)3/h5,7-8,12,15H,4,6,9H2,1-3H3. The lowest BCUT2D eigenvalue weighted by Crippen LogP contribution is -2.11. The summed E-state index contributed by atoms with van der Waals surface area (Å²) in [5.41, 5.74) is 3.19. The van der Waals surface area contributed by atoms with Gasteiger partial charge >= 0.3 is 0 Å². The van der Waals surface area contributed by atoms with Gasteiger partial charge in [-0.05, 0) is 49.3 Å². The Morgan fingerprint density at radius 1 is 1.40 bits per heavy atom. The monoisotopic (exact) mass is 204 g/mol. The Balaban J connectivity index is 2.28. The van der Waals surface area contributed by atoms with Crippen LogP contribution in [-0.4, -0.2) is 5.11 Å². The van der Waals surface area contributed by atoms with Gasteiger partial charge in [-0.3, -0.25) is 0 Å². The van der Waals surface area contributed by atoms with Gasteiger partial charge in [0.2, 0.25) is 0 Å². The fourth-order valence-electron chi connectivity index (χ4n) is 2.56. The summed E-state index contributed by atoms with van der Waals surface area (Å²) in [4.78, 5) is 0. The van der Waals surface area contributed by atoms with Crippen molar-refractivity contribution < 1.29 is 5.11 Å². The maximum atomic E-state index is 10.5. The second-order valence-corrected chi connectivity index (χ2v) is 4.86. The third-order valence-electron chi connectivity index (χ3n) is 3.78. The maximum Gasteiger partial charge on any atom is 0.0932 e. The lowest BCUT2D eigenvalue weighted by atomic mass is 9.95. The molecule has 1 nitrogen and oxygen atoms in total. The van der Waals surface area contributed by atoms with Crippen LogP contribution in [0, 0.1) is 19.8 Å². The molecule has 0 aliphatic heterocycles. The topological polar surface area (TPSA) is 20.2 Å². The molecule has 1 fully saturated rings. The van der Waals surface area contributed by atoms with E-state index in [1.54, 1.807) is 0 Å². The fourth-order valence-corrected chi connectivity index (χ4v) is 2.56. The number of benzene rings is 1. The minimum Gasteiger partial charge on any atom is -0.385 e. The van der Waals surface area contributed by atoms with Crippen LogP contribution in [0.15, 0.2) is 18.2 Å². The van der Waals surface area contributed by atoms with Crippen LogP contribution >= 0.6 is 0 Å². The summed E-state index contributed by atoms with van der Waals surface area (Å²) in [5, 5.41) is 10.5. The van der Waals surface area contributed by atoms with Gasteiger partial charge in [0.05, 0.1) is 5.60 Å². The van der Waals surface area contributed by atoms with Crippen molar-refractivity contribution in [2.75, 3.05) is 0 Å². The molecule has 15 heavy (non-hydrogen) atoms. The molecule has 0 bridgehead atoms. The Bertz CT molecular complexity index is 370. The number of aryl methyl sites for hydroxylation is 1. The molecule has 0 spiro atoms. The third-order valence-corrected chi connectivity index (χ3v) is 3.78. The van der Waals surface area contributed by atoms with Crippen molar-refractivity contribution in [3.05, 3.63) is 34.9 Å². The predicted molar refractivity (Wildman–Crippen MR) is 62.8 cm³/mol. The molecule has 1 aliphatic rings. The Labute approximate surface area is 92.1 Å². The molecule has 2 rings (SSSR count). The first kappa shape index (κ1) is 10.7. The molecule has 1 aromatic rings. The van der Waals surface area contributed by atoms with Crippen LogP contribution in [0.4, 0.5) is 0 Å². The maximum absolute atomic E-state index is 10.5. The van der Waals surface area contributed by atoms with Crippen LogP contribution in [0.3, 0.4) is 0 Å². The molecule has 0 amide bonds. The zero-order chi connectivity index (χ0) is 11.1. The summed E-state index contributed by atoms with van der Waals surface area (Å²) in [6.07, 6.45) is 3.26. The van der Waals surface area contributed by atoms with Gasteiger partial charge in [-0.15, -0.1) is 0 Å².